The lowest BCUT2D eigenvalue weighted by atomic mass is 9.94. The predicted octanol–water partition coefficient (Wildman–Crippen LogP) is 2.77. The molecule has 0 saturated carbocycles. The zero-order valence-electron chi connectivity index (χ0n) is 15.6. The highest BCUT2D eigenvalue weighted by atomic mass is 16.2. The number of aryl methyl sites for hydroxylation is 4. The monoisotopic (exact) mass is 341 g/mol. The lowest BCUT2D eigenvalue weighted by molar-refractivity contribution is 0.0700. The maximum absolute atomic E-state index is 13.1. The van der Waals surface area contributed by atoms with Crippen molar-refractivity contribution in [3.8, 4) is 0 Å². The Balaban J connectivity index is 1.81. The molecule has 3 rings (SSSR count). The van der Waals surface area contributed by atoms with E-state index in [2.05, 4.69) is 22.3 Å². The number of amides is 1. The zero-order chi connectivity index (χ0) is 18.0. The Hall–Kier alpha value is -2.37. The normalized spacial score (nSPS) is 17.0. The molecule has 0 aromatic carbocycles. The van der Waals surface area contributed by atoms with Crippen molar-refractivity contribution in [3.05, 3.63) is 47.1 Å². The van der Waals surface area contributed by atoms with Crippen LogP contribution >= 0.6 is 0 Å². The minimum atomic E-state index is -0.0124. The highest BCUT2D eigenvalue weighted by Gasteiger charge is 2.24. The molecule has 2 heterocycles. The molecule has 1 atom stereocenters. The van der Waals surface area contributed by atoms with Gasteiger partial charge >= 0.3 is 0 Å². The fourth-order valence-electron chi connectivity index (χ4n) is 3.29. The molecule has 2 aromatic rings. The number of nitrogens with zero attached hydrogens (tertiary/aromatic N) is 5. The van der Waals surface area contributed by atoms with Crippen LogP contribution in [-0.2, 0) is 20.6 Å². The van der Waals surface area contributed by atoms with Gasteiger partial charge in [-0.25, -0.2) is 0 Å². The van der Waals surface area contributed by atoms with Crippen LogP contribution in [0.15, 0.2) is 24.3 Å². The van der Waals surface area contributed by atoms with E-state index in [9.17, 15) is 4.79 Å². The molecule has 0 N–H and O–H groups in total. The van der Waals surface area contributed by atoms with Crippen molar-refractivity contribution < 1.29 is 4.79 Å². The summed E-state index contributed by atoms with van der Waals surface area (Å²) in [7, 11) is 3.80. The Morgan fingerprint density at radius 3 is 2.44 bits per heavy atom. The van der Waals surface area contributed by atoms with E-state index in [1.165, 1.54) is 0 Å². The van der Waals surface area contributed by atoms with Crippen LogP contribution in [0.5, 0.6) is 0 Å². The Morgan fingerprint density at radius 1 is 1.16 bits per heavy atom. The van der Waals surface area contributed by atoms with Gasteiger partial charge < -0.3 is 4.90 Å². The molecule has 6 heteroatoms. The Bertz CT molecular complexity index is 747. The van der Waals surface area contributed by atoms with E-state index in [4.69, 9.17) is 0 Å². The van der Waals surface area contributed by atoms with E-state index >= 15 is 0 Å². The molecule has 1 aliphatic carbocycles. The molecule has 2 aromatic heterocycles. The molecule has 0 bridgehead atoms. The Kier molecular flexibility index (Phi) is 5.06. The van der Waals surface area contributed by atoms with Gasteiger partial charge in [0.2, 0.25) is 0 Å². The summed E-state index contributed by atoms with van der Waals surface area (Å²) in [6.07, 6.45) is 7.71. The highest BCUT2D eigenvalue weighted by molar-refractivity contribution is 5.92. The quantitative estimate of drug-likeness (QED) is 0.786. The lowest BCUT2D eigenvalue weighted by Crippen LogP contribution is -2.35. The number of hydrogen-bond acceptors (Lipinski definition) is 3. The van der Waals surface area contributed by atoms with E-state index in [0.717, 1.165) is 42.9 Å². The average molecular weight is 341 g/mol. The molecule has 134 valence electrons. The molecule has 0 saturated heterocycles. The maximum atomic E-state index is 13.1. The van der Waals surface area contributed by atoms with Crippen molar-refractivity contribution in [2.75, 3.05) is 6.54 Å². The summed E-state index contributed by atoms with van der Waals surface area (Å²) in [6.45, 7) is 5.25. The fraction of sp³-hybridized carbons (Fsp3) is 0.526. The number of carbonyl (C=O) groups excluding carboxylic acids is 1. The van der Waals surface area contributed by atoms with Crippen molar-refractivity contribution in [1.29, 1.82) is 0 Å². The summed E-state index contributed by atoms with van der Waals surface area (Å²) in [4.78, 5) is 15.0. The smallest absolute Gasteiger partial charge is 0.274 e. The first-order valence-corrected chi connectivity index (χ1v) is 8.88. The summed E-state index contributed by atoms with van der Waals surface area (Å²) < 4.78 is 3.60. The largest absolute Gasteiger partial charge is 0.331 e. The zero-order valence-corrected chi connectivity index (χ0v) is 15.6. The van der Waals surface area contributed by atoms with Crippen LogP contribution in [0.1, 0.15) is 46.8 Å². The Morgan fingerprint density at radius 2 is 1.88 bits per heavy atom. The minimum absolute atomic E-state index is 0.0124. The third-order valence-electron chi connectivity index (χ3n) is 4.99. The van der Waals surface area contributed by atoms with Crippen LogP contribution in [0.2, 0.25) is 0 Å². The van der Waals surface area contributed by atoms with Gasteiger partial charge in [-0.3, -0.25) is 14.2 Å². The molecule has 0 radical (unpaired) electrons. The minimum Gasteiger partial charge on any atom is -0.331 e. The summed E-state index contributed by atoms with van der Waals surface area (Å²) >= 11 is 0. The van der Waals surface area contributed by atoms with Gasteiger partial charge in [-0.05, 0) is 51.2 Å². The fourth-order valence-corrected chi connectivity index (χ4v) is 3.29. The van der Waals surface area contributed by atoms with E-state index < -0.39 is 0 Å². The molecular formula is C19H27N5O. The van der Waals surface area contributed by atoms with E-state index in [1.807, 2.05) is 49.7 Å². The van der Waals surface area contributed by atoms with Crippen LogP contribution in [0, 0.1) is 19.8 Å². The lowest BCUT2D eigenvalue weighted by Gasteiger charge is -2.27. The third kappa shape index (κ3) is 4.00. The van der Waals surface area contributed by atoms with Gasteiger partial charge in [0.1, 0.15) is 0 Å². The number of carbonyl (C=O) groups is 1. The third-order valence-corrected chi connectivity index (χ3v) is 4.99. The van der Waals surface area contributed by atoms with Gasteiger partial charge in [-0.1, -0.05) is 12.2 Å². The van der Waals surface area contributed by atoms with Gasteiger partial charge in [0, 0.05) is 32.0 Å². The second-order valence-electron chi connectivity index (χ2n) is 7.03. The summed E-state index contributed by atoms with van der Waals surface area (Å²) in [5.41, 5.74) is 3.51. The highest BCUT2D eigenvalue weighted by Crippen LogP contribution is 2.21. The van der Waals surface area contributed by atoms with Crippen molar-refractivity contribution >= 4 is 5.91 Å². The van der Waals surface area contributed by atoms with Gasteiger partial charge in [0.05, 0.1) is 12.2 Å². The topological polar surface area (TPSA) is 56.0 Å². The number of hydrogen-bond donors (Lipinski definition) is 0. The van der Waals surface area contributed by atoms with Gasteiger partial charge in [-0.2, -0.15) is 10.2 Å². The standard InChI is InChI=1S/C19H27N5O/c1-14-10-17(20-22(14)3)13-24(12-16-8-6-5-7-9-16)19(25)18-11-15(2)23(4)21-18/h5-6,10-11,16H,7-9,12-13H2,1-4H3/t16-/m0/s1. The predicted molar refractivity (Wildman–Crippen MR) is 97.1 cm³/mol. The summed E-state index contributed by atoms with van der Waals surface area (Å²) in [5.74, 6) is 0.491. The van der Waals surface area contributed by atoms with Gasteiger partial charge in [0.15, 0.2) is 5.69 Å². The second-order valence-corrected chi connectivity index (χ2v) is 7.03. The van der Waals surface area contributed by atoms with Crippen molar-refractivity contribution in [2.45, 2.75) is 39.7 Å². The van der Waals surface area contributed by atoms with E-state index in [-0.39, 0.29) is 5.91 Å². The van der Waals surface area contributed by atoms with Crippen LogP contribution in [-0.4, -0.2) is 36.9 Å². The summed E-state index contributed by atoms with van der Waals surface area (Å²) in [6, 6.07) is 3.91. The molecule has 6 nitrogen and oxygen atoms in total. The number of rotatable bonds is 5. The van der Waals surface area contributed by atoms with E-state index in [1.54, 1.807) is 4.68 Å². The van der Waals surface area contributed by atoms with Crippen LogP contribution in [0.25, 0.3) is 0 Å². The van der Waals surface area contributed by atoms with Crippen molar-refractivity contribution in [1.82, 2.24) is 24.5 Å². The molecule has 1 aliphatic rings. The molecular weight excluding hydrogens is 314 g/mol. The molecule has 25 heavy (non-hydrogen) atoms. The average Bonchev–Trinajstić information content (AvgIpc) is 3.09. The Labute approximate surface area is 149 Å². The first kappa shape index (κ1) is 17.5. The van der Waals surface area contributed by atoms with Crippen molar-refractivity contribution in [2.24, 2.45) is 20.0 Å². The first-order chi connectivity index (χ1) is 11.9. The molecule has 0 unspecified atom stereocenters. The SMILES string of the molecule is Cc1cc(CN(C[C@H]2CC=CCC2)C(=O)c2cc(C)n(C)n2)nn1C. The first-order valence-electron chi connectivity index (χ1n) is 8.88. The molecule has 0 spiro atoms. The number of allylic oxidation sites excluding steroid dienone is 2. The number of aromatic nitrogens is 4. The van der Waals surface area contributed by atoms with Crippen LogP contribution < -0.4 is 0 Å². The summed E-state index contributed by atoms with van der Waals surface area (Å²) in [5, 5.41) is 8.90. The molecule has 0 fully saturated rings. The van der Waals surface area contributed by atoms with Crippen LogP contribution in [0.4, 0.5) is 0 Å². The molecule has 0 aliphatic heterocycles. The van der Waals surface area contributed by atoms with Gasteiger partial charge in [0.25, 0.3) is 5.91 Å². The van der Waals surface area contributed by atoms with E-state index in [0.29, 0.717) is 18.2 Å². The second kappa shape index (κ2) is 7.25. The van der Waals surface area contributed by atoms with Crippen LogP contribution in [0.3, 0.4) is 0 Å². The van der Waals surface area contributed by atoms with Gasteiger partial charge in [-0.15, -0.1) is 0 Å². The molecule has 1 amide bonds. The van der Waals surface area contributed by atoms with Crippen molar-refractivity contribution in [3.63, 3.8) is 0 Å². The maximum Gasteiger partial charge on any atom is 0.274 e.